The smallest absolute Gasteiger partial charge is 0.107 e. The Bertz CT molecular complexity index is 327. The number of likely N-dealkylation sites (tertiary alicyclic amines) is 1. The second-order valence-electron chi connectivity index (χ2n) is 4.86. The molecule has 2 rings (SSSR count). The van der Waals surface area contributed by atoms with Crippen LogP contribution in [-0.4, -0.2) is 29.0 Å². The fourth-order valence-corrected chi connectivity index (χ4v) is 3.12. The van der Waals surface area contributed by atoms with Crippen molar-refractivity contribution in [2.45, 2.75) is 39.3 Å². The predicted molar refractivity (Wildman–Crippen MR) is 68.5 cm³/mol. The monoisotopic (exact) mass is 239 g/mol. The van der Waals surface area contributed by atoms with Gasteiger partial charge in [-0.15, -0.1) is 11.3 Å². The second-order valence-corrected chi connectivity index (χ2v) is 5.80. The van der Waals surface area contributed by atoms with Gasteiger partial charge in [0.2, 0.25) is 0 Å². The topological polar surface area (TPSA) is 42.1 Å². The molecule has 0 bridgehead atoms. The lowest BCUT2D eigenvalue weighted by atomic mass is 9.91. The third kappa shape index (κ3) is 3.03. The largest absolute Gasteiger partial charge is 0.328 e. The van der Waals surface area contributed by atoms with Gasteiger partial charge in [0, 0.05) is 17.1 Å². The zero-order chi connectivity index (χ0) is 11.5. The van der Waals surface area contributed by atoms with E-state index in [1.54, 1.807) is 11.3 Å². The van der Waals surface area contributed by atoms with E-state index in [9.17, 15) is 0 Å². The molecule has 1 aliphatic heterocycles. The Morgan fingerprint density at radius 2 is 2.25 bits per heavy atom. The minimum absolute atomic E-state index is 0.351. The number of hydrogen-bond acceptors (Lipinski definition) is 4. The van der Waals surface area contributed by atoms with Gasteiger partial charge in [0.05, 0.1) is 6.54 Å². The van der Waals surface area contributed by atoms with Crippen LogP contribution in [0.4, 0.5) is 0 Å². The number of rotatable bonds is 3. The normalized spacial score (nSPS) is 21.2. The summed E-state index contributed by atoms with van der Waals surface area (Å²) in [7, 11) is 0. The van der Waals surface area contributed by atoms with Crippen LogP contribution in [0.1, 0.15) is 30.5 Å². The first kappa shape index (κ1) is 12.0. The number of piperidine rings is 1. The highest BCUT2D eigenvalue weighted by molar-refractivity contribution is 7.09. The van der Waals surface area contributed by atoms with Crippen LogP contribution in [0.2, 0.25) is 0 Å². The van der Waals surface area contributed by atoms with Crippen LogP contribution >= 0.6 is 11.3 Å². The van der Waals surface area contributed by atoms with E-state index < -0.39 is 0 Å². The minimum atomic E-state index is 0.351. The van der Waals surface area contributed by atoms with Gasteiger partial charge in [-0.1, -0.05) is 0 Å². The van der Waals surface area contributed by atoms with Crippen LogP contribution in [-0.2, 0) is 6.54 Å². The molecule has 1 aromatic heterocycles. The molecule has 3 nitrogen and oxygen atoms in total. The Hall–Kier alpha value is -0.450. The van der Waals surface area contributed by atoms with E-state index in [-0.39, 0.29) is 0 Å². The zero-order valence-electron chi connectivity index (χ0n) is 10.1. The van der Waals surface area contributed by atoms with Crippen molar-refractivity contribution < 1.29 is 0 Å². The van der Waals surface area contributed by atoms with E-state index in [2.05, 4.69) is 29.1 Å². The molecule has 1 atom stereocenters. The highest BCUT2D eigenvalue weighted by atomic mass is 32.1. The molecule has 1 unspecified atom stereocenters. The molecular formula is C12H21N3S. The molecular weight excluding hydrogens is 218 g/mol. The maximum absolute atomic E-state index is 5.94. The highest BCUT2D eigenvalue weighted by Gasteiger charge is 2.22. The van der Waals surface area contributed by atoms with Crippen molar-refractivity contribution in [2.75, 3.05) is 13.1 Å². The summed E-state index contributed by atoms with van der Waals surface area (Å²) in [6.07, 6.45) is 2.48. The van der Waals surface area contributed by atoms with Crippen molar-refractivity contribution >= 4 is 11.3 Å². The summed E-state index contributed by atoms with van der Waals surface area (Å²) in [5.74, 6) is 0.717. The summed E-state index contributed by atoms with van der Waals surface area (Å²) in [5, 5.41) is 3.38. The van der Waals surface area contributed by atoms with E-state index in [1.807, 2.05) is 0 Å². The molecule has 0 radical (unpaired) electrons. The molecule has 0 aliphatic carbocycles. The Morgan fingerprint density at radius 1 is 1.56 bits per heavy atom. The Morgan fingerprint density at radius 3 is 2.75 bits per heavy atom. The first-order chi connectivity index (χ1) is 7.65. The summed E-state index contributed by atoms with van der Waals surface area (Å²) in [4.78, 5) is 7.01. The van der Waals surface area contributed by atoms with Gasteiger partial charge in [-0.3, -0.25) is 4.90 Å². The number of nitrogens with zero attached hydrogens (tertiary/aromatic N) is 2. The van der Waals surface area contributed by atoms with Gasteiger partial charge in [0.25, 0.3) is 0 Å². The molecule has 1 aliphatic rings. The third-order valence-electron chi connectivity index (χ3n) is 3.40. The SMILES string of the molecule is Cc1csc(CN2CCC(C(C)N)CC2)n1. The quantitative estimate of drug-likeness (QED) is 0.877. The molecule has 1 aromatic rings. The molecule has 2 N–H and O–H groups in total. The summed E-state index contributed by atoms with van der Waals surface area (Å²) in [5.41, 5.74) is 7.08. The van der Waals surface area contributed by atoms with Gasteiger partial charge < -0.3 is 5.73 Å². The van der Waals surface area contributed by atoms with Crippen LogP contribution in [0.5, 0.6) is 0 Å². The van der Waals surface area contributed by atoms with E-state index in [0.29, 0.717) is 12.0 Å². The molecule has 2 heterocycles. The van der Waals surface area contributed by atoms with E-state index >= 15 is 0 Å². The van der Waals surface area contributed by atoms with Crippen LogP contribution in [0.3, 0.4) is 0 Å². The van der Waals surface area contributed by atoms with Crippen molar-refractivity contribution in [1.29, 1.82) is 0 Å². The lowest BCUT2D eigenvalue weighted by Gasteiger charge is -2.33. The van der Waals surface area contributed by atoms with Crippen LogP contribution in [0, 0.1) is 12.8 Å². The molecule has 1 fully saturated rings. The van der Waals surface area contributed by atoms with Gasteiger partial charge in [-0.05, 0) is 45.7 Å². The van der Waals surface area contributed by atoms with Crippen molar-refractivity contribution in [3.8, 4) is 0 Å². The Labute approximate surface area is 102 Å². The lowest BCUT2D eigenvalue weighted by molar-refractivity contribution is 0.165. The van der Waals surface area contributed by atoms with E-state index in [4.69, 9.17) is 5.73 Å². The number of thiazole rings is 1. The molecule has 1 saturated heterocycles. The minimum Gasteiger partial charge on any atom is -0.328 e. The second kappa shape index (κ2) is 5.25. The first-order valence-corrected chi connectivity index (χ1v) is 6.92. The number of nitrogens with two attached hydrogens (primary N) is 1. The van der Waals surface area contributed by atoms with Gasteiger partial charge in [0.1, 0.15) is 5.01 Å². The van der Waals surface area contributed by atoms with E-state index in [1.165, 1.54) is 30.9 Å². The van der Waals surface area contributed by atoms with Crippen molar-refractivity contribution in [3.05, 3.63) is 16.1 Å². The predicted octanol–water partition coefficient (Wildman–Crippen LogP) is 2.01. The van der Waals surface area contributed by atoms with Crippen LogP contribution < -0.4 is 5.73 Å². The molecule has 0 amide bonds. The third-order valence-corrected chi connectivity index (χ3v) is 4.35. The maximum atomic E-state index is 5.94. The van der Waals surface area contributed by atoms with Crippen molar-refractivity contribution in [1.82, 2.24) is 9.88 Å². The van der Waals surface area contributed by atoms with Crippen molar-refractivity contribution in [2.24, 2.45) is 11.7 Å². The average molecular weight is 239 g/mol. The number of hydrogen-bond donors (Lipinski definition) is 1. The zero-order valence-corrected chi connectivity index (χ0v) is 11.0. The summed E-state index contributed by atoms with van der Waals surface area (Å²) in [6, 6.07) is 0.351. The summed E-state index contributed by atoms with van der Waals surface area (Å²) < 4.78 is 0. The number of aromatic nitrogens is 1. The summed E-state index contributed by atoms with van der Waals surface area (Å²) in [6.45, 7) is 7.55. The standard InChI is InChI=1S/C12H21N3S/c1-9-8-16-12(14-9)7-15-5-3-11(4-6-15)10(2)13/h8,10-11H,3-7,13H2,1-2H3. The molecule has 0 saturated carbocycles. The fourth-order valence-electron chi connectivity index (χ4n) is 2.30. The van der Waals surface area contributed by atoms with Crippen molar-refractivity contribution in [3.63, 3.8) is 0 Å². The van der Waals surface area contributed by atoms with Crippen LogP contribution in [0.15, 0.2) is 5.38 Å². The molecule has 4 heteroatoms. The molecule has 0 spiro atoms. The molecule has 90 valence electrons. The van der Waals surface area contributed by atoms with Gasteiger partial charge in [0.15, 0.2) is 0 Å². The number of aryl methyl sites for hydroxylation is 1. The Kier molecular flexibility index (Phi) is 3.95. The molecule has 0 aromatic carbocycles. The summed E-state index contributed by atoms with van der Waals surface area (Å²) >= 11 is 1.77. The average Bonchev–Trinajstić information content (AvgIpc) is 2.65. The fraction of sp³-hybridized carbons (Fsp3) is 0.750. The highest BCUT2D eigenvalue weighted by Crippen LogP contribution is 2.21. The van der Waals surface area contributed by atoms with Crippen LogP contribution in [0.25, 0.3) is 0 Å². The van der Waals surface area contributed by atoms with Gasteiger partial charge in [-0.2, -0.15) is 0 Å². The van der Waals surface area contributed by atoms with Gasteiger partial charge in [-0.25, -0.2) is 4.98 Å². The maximum Gasteiger partial charge on any atom is 0.107 e. The Balaban J connectivity index is 1.81. The first-order valence-electron chi connectivity index (χ1n) is 6.04. The lowest BCUT2D eigenvalue weighted by Crippen LogP contribution is -2.39. The van der Waals surface area contributed by atoms with Gasteiger partial charge >= 0.3 is 0 Å². The molecule has 16 heavy (non-hydrogen) atoms. The van der Waals surface area contributed by atoms with E-state index in [0.717, 1.165) is 12.2 Å².